The third kappa shape index (κ3) is 4.28. The van der Waals surface area contributed by atoms with Crippen molar-refractivity contribution in [3.63, 3.8) is 0 Å². The number of methoxy groups -OCH3 is 1. The van der Waals surface area contributed by atoms with E-state index < -0.39 is 0 Å². The molecule has 26 heavy (non-hydrogen) atoms. The standard InChI is InChI=1S/C21H27N3O2/c1-16(2)17-7-9-18(10-8-17)22-21(25)24-13-11-23(12-14-24)19-5-4-6-20(15-19)26-3/h4-10,15-16H,11-14H2,1-3H3,(H,22,25). The Morgan fingerprint density at radius 2 is 1.73 bits per heavy atom. The van der Waals surface area contributed by atoms with Gasteiger partial charge in [-0.3, -0.25) is 0 Å². The maximum Gasteiger partial charge on any atom is 0.321 e. The van der Waals surface area contributed by atoms with Crippen molar-refractivity contribution in [3.8, 4) is 5.75 Å². The van der Waals surface area contributed by atoms with Crippen LogP contribution in [0.1, 0.15) is 25.3 Å². The summed E-state index contributed by atoms with van der Waals surface area (Å²) in [7, 11) is 1.68. The molecule has 1 saturated heterocycles. The second kappa shape index (κ2) is 8.13. The third-order valence-corrected chi connectivity index (χ3v) is 4.81. The number of nitrogens with zero attached hydrogens (tertiary/aromatic N) is 2. The Kier molecular flexibility index (Phi) is 5.66. The summed E-state index contributed by atoms with van der Waals surface area (Å²) >= 11 is 0. The molecule has 1 heterocycles. The summed E-state index contributed by atoms with van der Waals surface area (Å²) in [6.45, 7) is 7.35. The van der Waals surface area contributed by atoms with E-state index in [1.165, 1.54) is 5.56 Å². The molecule has 138 valence electrons. The van der Waals surface area contributed by atoms with Crippen LogP contribution < -0.4 is 15.0 Å². The zero-order valence-corrected chi connectivity index (χ0v) is 15.7. The van der Waals surface area contributed by atoms with Crippen LogP contribution in [0.2, 0.25) is 0 Å². The molecule has 0 unspecified atom stereocenters. The summed E-state index contributed by atoms with van der Waals surface area (Å²) in [5.74, 6) is 1.34. The molecule has 0 bridgehead atoms. The molecule has 2 aromatic rings. The minimum absolute atomic E-state index is 0.0346. The molecule has 0 spiro atoms. The zero-order chi connectivity index (χ0) is 18.5. The lowest BCUT2D eigenvalue weighted by Gasteiger charge is -2.36. The van der Waals surface area contributed by atoms with E-state index in [2.05, 4.69) is 42.3 Å². The highest BCUT2D eigenvalue weighted by atomic mass is 16.5. The smallest absolute Gasteiger partial charge is 0.321 e. The molecule has 0 atom stereocenters. The first-order valence-corrected chi connectivity index (χ1v) is 9.11. The molecule has 2 aromatic carbocycles. The van der Waals surface area contributed by atoms with Crippen molar-refractivity contribution in [1.29, 1.82) is 0 Å². The largest absolute Gasteiger partial charge is 0.497 e. The SMILES string of the molecule is COc1cccc(N2CCN(C(=O)Nc3ccc(C(C)C)cc3)CC2)c1. The topological polar surface area (TPSA) is 44.8 Å². The van der Waals surface area contributed by atoms with Crippen molar-refractivity contribution in [2.24, 2.45) is 0 Å². The average Bonchev–Trinajstić information content (AvgIpc) is 2.68. The quantitative estimate of drug-likeness (QED) is 0.897. The summed E-state index contributed by atoms with van der Waals surface area (Å²) in [5.41, 5.74) is 3.25. The van der Waals surface area contributed by atoms with E-state index in [1.54, 1.807) is 7.11 Å². The number of urea groups is 1. The molecule has 0 aliphatic carbocycles. The predicted octanol–water partition coefficient (Wildman–Crippen LogP) is 4.17. The van der Waals surface area contributed by atoms with Crippen molar-refractivity contribution in [2.45, 2.75) is 19.8 Å². The van der Waals surface area contributed by atoms with Crippen molar-refractivity contribution in [1.82, 2.24) is 4.90 Å². The van der Waals surface area contributed by atoms with E-state index in [-0.39, 0.29) is 6.03 Å². The van der Waals surface area contributed by atoms with Crippen LogP contribution in [0.5, 0.6) is 5.75 Å². The number of carbonyl (C=O) groups is 1. The van der Waals surface area contributed by atoms with E-state index in [0.717, 1.165) is 30.2 Å². The fourth-order valence-corrected chi connectivity index (χ4v) is 3.13. The van der Waals surface area contributed by atoms with Crippen LogP contribution >= 0.6 is 0 Å². The molecule has 5 heteroatoms. The van der Waals surface area contributed by atoms with Gasteiger partial charge < -0.3 is 19.9 Å². The molecule has 0 aromatic heterocycles. The van der Waals surface area contributed by atoms with Gasteiger partial charge in [0.1, 0.15) is 5.75 Å². The van der Waals surface area contributed by atoms with E-state index >= 15 is 0 Å². The Morgan fingerprint density at radius 3 is 2.35 bits per heavy atom. The highest BCUT2D eigenvalue weighted by Crippen LogP contribution is 2.22. The van der Waals surface area contributed by atoms with Gasteiger partial charge in [0.05, 0.1) is 7.11 Å². The minimum atomic E-state index is -0.0346. The molecule has 3 rings (SSSR count). The van der Waals surface area contributed by atoms with Crippen LogP contribution in [0.25, 0.3) is 0 Å². The molecule has 1 N–H and O–H groups in total. The maximum absolute atomic E-state index is 12.5. The number of hydrogen-bond donors (Lipinski definition) is 1. The van der Waals surface area contributed by atoms with Gasteiger partial charge >= 0.3 is 6.03 Å². The second-order valence-electron chi connectivity index (χ2n) is 6.88. The Morgan fingerprint density at radius 1 is 1.04 bits per heavy atom. The lowest BCUT2D eigenvalue weighted by atomic mass is 10.0. The summed E-state index contributed by atoms with van der Waals surface area (Å²) in [6.07, 6.45) is 0. The molecular formula is C21H27N3O2. The molecule has 1 fully saturated rings. The van der Waals surface area contributed by atoms with Gasteiger partial charge in [-0.05, 0) is 35.7 Å². The molecule has 0 radical (unpaired) electrons. The van der Waals surface area contributed by atoms with Gasteiger partial charge in [0.2, 0.25) is 0 Å². The zero-order valence-electron chi connectivity index (χ0n) is 15.7. The van der Waals surface area contributed by atoms with Gasteiger partial charge in [0, 0.05) is 43.6 Å². The highest BCUT2D eigenvalue weighted by molar-refractivity contribution is 5.89. The molecule has 0 saturated carbocycles. The third-order valence-electron chi connectivity index (χ3n) is 4.81. The first-order chi connectivity index (χ1) is 12.6. The first kappa shape index (κ1) is 18.1. The van der Waals surface area contributed by atoms with Crippen LogP contribution in [-0.2, 0) is 0 Å². The number of benzene rings is 2. The number of amides is 2. The number of ether oxygens (including phenoxy) is 1. The number of rotatable bonds is 4. The van der Waals surface area contributed by atoms with Crippen LogP contribution in [0.3, 0.4) is 0 Å². The van der Waals surface area contributed by atoms with Crippen molar-refractivity contribution in [2.75, 3.05) is 43.5 Å². The Balaban J connectivity index is 1.54. The van der Waals surface area contributed by atoms with Crippen molar-refractivity contribution in [3.05, 3.63) is 54.1 Å². The highest BCUT2D eigenvalue weighted by Gasteiger charge is 2.21. The van der Waals surface area contributed by atoms with E-state index in [0.29, 0.717) is 19.0 Å². The van der Waals surface area contributed by atoms with Gasteiger partial charge in [-0.2, -0.15) is 0 Å². The fraction of sp³-hybridized carbons (Fsp3) is 0.381. The van der Waals surface area contributed by atoms with E-state index in [9.17, 15) is 4.79 Å². The first-order valence-electron chi connectivity index (χ1n) is 9.11. The van der Waals surface area contributed by atoms with Crippen LogP contribution in [0.15, 0.2) is 48.5 Å². The van der Waals surface area contributed by atoms with Gasteiger partial charge in [0.15, 0.2) is 0 Å². The minimum Gasteiger partial charge on any atom is -0.497 e. The number of nitrogens with one attached hydrogen (secondary N) is 1. The van der Waals surface area contributed by atoms with Gasteiger partial charge in [-0.15, -0.1) is 0 Å². The molecule has 1 aliphatic rings. The van der Waals surface area contributed by atoms with Crippen LogP contribution in [0, 0.1) is 0 Å². The Hall–Kier alpha value is -2.69. The van der Waals surface area contributed by atoms with Crippen LogP contribution in [0.4, 0.5) is 16.2 Å². The number of anilines is 2. The number of hydrogen-bond acceptors (Lipinski definition) is 3. The average molecular weight is 353 g/mol. The van der Waals surface area contributed by atoms with Crippen LogP contribution in [-0.4, -0.2) is 44.2 Å². The normalized spacial score (nSPS) is 14.5. The molecule has 5 nitrogen and oxygen atoms in total. The Labute approximate surface area is 155 Å². The van der Waals surface area contributed by atoms with Crippen molar-refractivity contribution >= 4 is 17.4 Å². The lowest BCUT2D eigenvalue weighted by molar-refractivity contribution is 0.208. The summed E-state index contributed by atoms with van der Waals surface area (Å²) in [4.78, 5) is 16.7. The molecular weight excluding hydrogens is 326 g/mol. The maximum atomic E-state index is 12.5. The van der Waals surface area contributed by atoms with Gasteiger partial charge in [-0.1, -0.05) is 32.0 Å². The fourth-order valence-electron chi connectivity index (χ4n) is 3.13. The summed E-state index contributed by atoms with van der Waals surface area (Å²) in [6, 6.07) is 16.1. The van der Waals surface area contributed by atoms with E-state index in [1.807, 2.05) is 35.2 Å². The molecule has 2 amide bonds. The summed E-state index contributed by atoms with van der Waals surface area (Å²) < 4.78 is 5.29. The molecule has 1 aliphatic heterocycles. The summed E-state index contributed by atoms with van der Waals surface area (Å²) in [5, 5.41) is 3.00. The van der Waals surface area contributed by atoms with Gasteiger partial charge in [0.25, 0.3) is 0 Å². The van der Waals surface area contributed by atoms with Crippen molar-refractivity contribution < 1.29 is 9.53 Å². The lowest BCUT2D eigenvalue weighted by Crippen LogP contribution is -2.50. The van der Waals surface area contributed by atoms with Gasteiger partial charge in [-0.25, -0.2) is 4.79 Å². The van der Waals surface area contributed by atoms with E-state index in [4.69, 9.17) is 4.74 Å². The second-order valence-corrected chi connectivity index (χ2v) is 6.88. The number of piperazine rings is 1. The predicted molar refractivity (Wildman–Crippen MR) is 106 cm³/mol. The monoisotopic (exact) mass is 353 g/mol. The number of carbonyl (C=O) groups excluding carboxylic acids is 1. The Bertz CT molecular complexity index is 735.